The molecule has 1 heterocycles. The number of carbonyl (C=O) groups excluding carboxylic acids is 1. The molecule has 1 atom stereocenters. The number of fused-ring (bicyclic) bond motifs is 1. The second-order valence-corrected chi connectivity index (χ2v) is 3.90. The largest absolute Gasteiger partial charge is 0.326 e. The molecule has 3 heteroatoms. The quantitative estimate of drug-likeness (QED) is 0.745. The molecule has 1 amide bonds. The van der Waals surface area contributed by atoms with E-state index in [1.807, 2.05) is 18.2 Å². The van der Waals surface area contributed by atoms with Crippen molar-refractivity contribution in [2.75, 3.05) is 11.2 Å². The normalized spacial score (nSPS) is 20.1. The Morgan fingerprint density at radius 2 is 2.21 bits per heavy atom. The second-order valence-electron chi connectivity index (χ2n) is 3.53. The van der Waals surface area contributed by atoms with Crippen LogP contribution in [0, 0.1) is 5.92 Å². The van der Waals surface area contributed by atoms with Crippen LogP contribution in [0.25, 0.3) is 0 Å². The van der Waals surface area contributed by atoms with Gasteiger partial charge in [0.15, 0.2) is 0 Å². The molecule has 0 saturated heterocycles. The number of anilines is 1. The van der Waals surface area contributed by atoms with E-state index in [4.69, 9.17) is 11.6 Å². The van der Waals surface area contributed by atoms with E-state index in [1.165, 1.54) is 5.56 Å². The lowest BCUT2D eigenvalue weighted by atomic mass is 9.91. The zero-order chi connectivity index (χ0) is 9.97. The molecular weight excluding hydrogens is 198 g/mol. The fourth-order valence-corrected chi connectivity index (χ4v) is 2.04. The van der Waals surface area contributed by atoms with Crippen LogP contribution in [0.5, 0.6) is 0 Å². The van der Waals surface area contributed by atoms with Crippen molar-refractivity contribution in [3.63, 3.8) is 0 Å². The first kappa shape index (κ1) is 9.53. The maximum atomic E-state index is 11.6. The zero-order valence-corrected chi connectivity index (χ0v) is 8.55. The van der Waals surface area contributed by atoms with Gasteiger partial charge >= 0.3 is 0 Å². The van der Waals surface area contributed by atoms with Gasteiger partial charge in [0.1, 0.15) is 0 Å². The summed E-state index contributed by atoms with van der Waals surface area (Å²) in [6.07, 6.45) is 1.57. The summed E-state index contributed by atoms with van der Waals surface area (Å²) < 4.78 is 0. The van der Waals surface area contributed by atoms with Crippen LogP contribution in [0.2, 0.25) is 0 Å². The van der Waals surface area contributed by atoms with Crippen LogP contribution in [-0.4, -0.2) is 11.8 Å². The molecule has 1 aromatic rings. The van der Waals surface area contributed by atoms with Gasteiger partial charge in [0, 0.05) is 17.5 Å². The second kappa shape index (κ2) is 4.01. The van der Waals surface area contributed by atoms with E-state index >= 15 is 0 Å². The van der Waals surface area contributed by atoms with E-state index in [-0.39, 0.29) is 11.8 Å². The third-order valence-corrected chi connectivity index (χ3v) is 2.79. The Morgan fingerprint density at radius 1 is 1.43 bits per heavy atom. The molecule has 0 spiro atoms. The molecule has 0 radical (unpaired) electrons. The highest BCUT2D eigenvalue weighted by Crippen LogP contribution is 2.26. The Kier molecular flexibility index (Phi) is 2.73. The van der Waals surface area contributed by atoms with Gasteiger partial charge in [0.2, 0.25) is 5.91 Å². The standard InChI is InChI=1S/C11H12ClNO/c12-6-5-9-7-8-3-1-2-4-10(8)13-11(9)14/h1-4,9H,5-7H2,(H,13,14). The third kappa shape index (κ3) is 1.75. The van der Waals surface area contributed by atoms with Crippen LogP contribution in [0.15, 0.2) is 24.3 Å². The third-order valence-electron chi connectivity index (χ3n) is 2.57. The minimum atomic E-state index is 0.0439. The maximum Gasteiger partial charge on any atom is 0.227 e. The highest BCUT2D eigenvalue weighted by atomic mass is 35.5. The number of carbonyl (C=O) groups is 1. The van der Waals surface area contributed by atoms with Crippen LogP contribution < -0.4 is 5.32 Å². The van der Waals surface area contributed by atoms with Crippen molar-refractivity contribution in [2.24, 2.45) is 5.92 Å². The van der Waals surface area contributed by atoms with Crippen molar-refractivity contribution in [2.45, 2.75) is 12.8 Å². The summed E-state index contributed by atoms with van der Waals surface area (Å²) in [5.74, 6) is 0.687. The molecule has 74 valence electrons. The summed E-state index contributed by atoms with van der Waals surface area (Å²) in [4.78, 5) is 11.6. The molecule has 1 N–H and O–H groups in total. The fraction of sp³-hybridized carbons (Fsp3) is 0.364. The van der Waals surface area contributed by atoms with Crippen molar-refractivity contribution in [3.8, 4) is 0 Å². The van der Waals surface area contributed by atoms with Crippen LogP contribution in [0.4, 0.5) is 5.69 Å². The van der Waals surface area contributed by atoms with Gasteiger partial charge in [0.05, 0.1) is 0 Å². The number of para-hydroxylation sites is 1. The predicted molar refractivity (Wildman–Crippen MR) is 57.6 cm³/mol. The van der Waals surface area contributed by atoms with Crippen molar-refractivity contribution in [3.05, 3.63) is 29.8 Å². The zero-order valence-electron chi connectivity index (χ0n) is 7.79. The summed E-state index contributed by atoms with van der Waals surface area (Å²) in [7, 11) is 0. The molecule has 1 aliphatic rings. The number of nitrogens with one attached hydrogen (secondary N) is 1. The minimum Gasteiger partial charge on any atom is -0.326 e. The van der Waals surface area contributed by atoms with Crippen molar-refractivity contribution < 1.29 is 4.79 Å². The fourth-order valence-electron chi connectivity index (χ4n) is 1.78. The number of hydrogen-bond acceptors (Lipinski definition) is 1. The van der Waals surface area contributed by atoms with E-state index in [0.29, 0.717) is 5.88 Å². The van der Waals surface area contributed by atoms with Crippen LogP contribution in [-0.2, 0) is 11.2 Å². The SMILES string of the molecule is O=C1Nc2ccccc2CC1CCCl. The summed E-state index contributed by atoms with van der Waals surface area (Å²) in [6, 6.07) is 7.91. The lowest BCUT2D eigenvalue weighted by Crippen LogP contribution is -2.30. The molecular formula is C11H12ClNO. The molecule has 0 fully saturated rings. The molecule has 0 saturated carbocycles. The van der Waals surface area contributed by atoms with E-state index in [2.05, 4.69) is 11.4 Å². The van der Waals surface area contributed by atoms with Crippen molar-refractivity contribution >= 4 is 23.2 Å². The molecule has 1 aliphatic heterocycles. The summed E-state index contributed by atoms with van der Waals surface area (Å²) in [6.45, 7) is 0. The molecule has 2 rings (SSSR count). The van der Waals surface area contributed by atoms with Gasteiger partial charge in [-0.1, -0.05) is 18.2 Å². The Hall–Kier alpha value is -1.02. The van der Waals surface area contributed by atoms with Gasteiger partial charge in [0.25, 0.3) is 0 Å². The Balaban J connectivity index is 2.22. The van der Waals surface area contributed by atoms with Crippen molar-refractivity contribution in [1.82, 2.24) is 0 Å². The van der Waals surface area contributed by atoms with Crippen LogP contribution in [0.1, 0.15) is 12.0 Å². The number of hydrogen-bond donors (Lipinski definition) is 1. The summed E-state index contributed by atoms with van der Waals surface area (Å²) in [5.41, 5.74) is 2.16. The van der Waals surface area contributed by atoms with Gasteiger partial charge in [-0.15, -0.1) is 11.6 Å². The van der Waals surface area contributed by atoms with Gasteiger partial charge < -0.3 is 5.32 Å². The van der Waals surface area contributed by atoms with E-state index in [9.17, 15) is 4.79 Å². The van der Waals surface area contributed by atoms with Gasteiger partial charge in [-0.25, -0.2) is 0 Å². The number of benzene rings is 1. The predicted octanol–water partition coefficient (Wildman–Crippen LogP) is 2.43. The summed E-state index contributed by atoms with van der Waals surface area (Å²) >= 11 is 5.65. The first-order valence-corrected chi connectivity index (χ1v) is 5.29. The summed E-state index contributed by atoms with van der Waals surface area (Å²) in [5, 5.41) is 2.90. The highest BCUT2D eigenvalue weighted by Gasteiger charge is 2.24. The lowest BCUT2D eigenvalue weighted by Gasteiger charge is -2.23. The first-order chi connectivity index (χ1) is 6.81. The van der Waals surface area contributed by atoms with E-state index in [0.717, 1.165) is 18.5 Å². The molecule has 14 heavy (non-hydrogen) atoms. The van der Waals surface area contributed by atoms with Gasteiger partial charge in [-0.05, 0) is 24.5 Å². The van der Waals surface area contributed by atoms with Crippen LogP contribution in [0.3, 0.4) is 0 Å². The highest BCUT2D eigenvalue weighted by molar-refractivity contribution is 6.18. The Morgan fingerprint density at radius 3 is 3.00 bits per heavy atom. The van der Waals surface area contributed by atoms with Crippen molar-refractivity contribution in [1.29, 1.82) is 0 Å². The Bertz CT molecular complexity index is 351. The molecule has 0 aromatic heterocycles. The van der Waals surface area contributed by atoms with E-state index < -0.39 is 0 Å². The molecule has 2 nitrogen and oxygen atoms in total. The van der Waals surface area contributed by atoms with E-state index in [1.54, 1.807) is 0 Å². The first-order valence-electron chi connectivity index (χ1n) is 4.76. The molecule has 0 aliphatic carbocycles. The van der Waals surface area contributed by atoms with Crippen LogP contribution >= 0.6 is 11.6 Å². The minimum absolute atomic E-state index is 0.0439. The monoisotopic (exact) mass is 209 g/mol. The lowest BCUT2D eigenvalue weighted by molar-refractivity contribution is -0.120. The molecule has 1 aromatic carbocycles. The number of alkyl halides is 1. The van der Waals surface area contributed by atoms with Gasteiger partial charge in [-0.2, -0.15) is 0 Å². The smallest absolute Gasteiger partial charge is 0.227 e. The average Bonchev–Trinajstić information content (AvgIpc) is 2.19. The average molecular weight is 210 g/mol. The number of rotatable bonds is 2. The number of amides is 1. The van der Waals surface area contributed by atoms with Gasteiger partial charge in [-0.3, -0.25) is 4.79 Å². The molecule has 0 bridgehead atoms. The maximum absolute atomic E-state index is 11.6. The number of halogens is 1. The topological polar surface area (TPSA) is 29.1 Å². The Labute approximate surface area is 88.3 Å². The molecule has 1 unspecified atom stereocenters.